The summed E-state index contributed by atoms with van der Waals surface area (Å²) in [5.41, 5.74) is -0.155. The zero-order valence-electron chi connectivity index (χ0n) is 8.50. The van der Waals surface area contributed by atoms with Crippen LogP contribution in [0.2, 0.25) is 0 Å². The van der Waals surface area contributed by atoms with Crippen LogP contribution in [0.15, 0.2) is 15.6 Å². The van der Waals surface area contributed by atoms with Crippen LogP contribution in [-0.4, -0.2) is 26.5 Å². The van der Waals surface area contributed by atoms with E-state index in [-0.39, 0.29) is 10.3 Å². The molecule has 4 nitrogen and oxygen atoms in total. The van der Waals surface area contributed by atoms with Gasteiger partial charge in [-0.05, 0) is 29.8 Å². The van der Waals surface area contributed by atoms with E-state index in [0.717, 1.165) is 5.75 Å². The highest BCUT2D eigenvalue weighted by atomic mass is 79.9. The molecule has 1 atom stereocenters. The maximum Gasteiger partial charge on any atom is 0.267 e. The minimum Gasteiger partial charge on any atom is -0.364 e. The lowest BCUT2D eigenvalue weighted by molar-refractivity contribution is 0.574. The van der Waals surface area contributed by atoms with Gasteiger partial charge in [-0.2, -0.15) is 11.8 Å². The Morgan fingerprint density at radius 2 is 2.47 bits per heavy atom. The zero-order chi connectivity index (χ0) is 11.1. The van der Waals surface area contributed by atoms with E-state index in [2.05, 4.69) is 45.1 Å². The molecule has 0 amide bonds. The summed E-state index contributed by atoms with van der Waals surface area (Å²) >= 11 is 5.13. The average Bonchev–Trinajstić information content (AvgIpc) is 2.19. The van der Waals surface area contributed by atoms with Gasteiger partial charge >= 0.3 is 0 Å². The third kappa shape index (κ3) is 2.06. The summed E-state index contributed by atoms with van der Waals surface area (Å²) in [6, 6.07) is 0.369. The number of H-pyrrole nitrogens is 1. The Labute approximate surface area is 100 Å². The second-order valence-corrected chi connectivity index (χ2v) is 6.47. The molecule has 2 heterocycles. The maximum atomic E-state index is 11.3. The molecule has 0 radical (unpaired) electrons. The number of anilines is 1. The Morgan fingerprint density at radius 3 is 3.00 bits per heavy atom. The third-order valence-corrected chi connectivity index (χ3v) is 4.83. The molecule has 1 aromatic heterocycles. The predicted octanol–water partition coefficient (Wildman–Crippen LogP) is 1.84. The molecule has 1 saturated heterocycles. The lowest BCUT2D eigenvalue weighted by atomic mass is 10.0. The van der Waals surface area contributed by atoms with E-state index in [0.29, 0.717) is 16.3 Å². The number of aromatic amines is 1. The van der Waals surface area contributed by atoms with Crippen molar-refractivity contribution >= 4 is 33.5 Å². The Morgan fingerprint density at radius 1 is 1.73 bits per heavy atom. The standard InChI is InChI=1S/C9H12BrN3OS/c1-9(2)5(3-15-9)13-7-6(10)8(14)12-4-11-7/h4-5H,3H2,1-2H3,(H2,11,12,13,14). The van der Waals surface area contributed by atoms with Gasteiger partial charge in [0.2, 0.25) is 0 Å². The van der Waals surface area contributed by atoms with E-state index in [1.54, 1.807) is 0 Å². The lowest BCUT2D eigenvalue weighted by Gasteiger charge is -2.44. The lowest BCUT2D eigenvalue weighted by Crippen LogP contribution is -2.50. The van der Waals surface area contributed by atoms with Gasteiger partial charge in [0, 0.05) is 10.5 Å². The fourth-order valence-electron chi connectivity index (χ4n) is 1.36. The van der Waals surface area contributed by atoms with Crippen molar-refractivity contribution in [2.75, 3.05) is 11.1 Å². The SMILES string of the molecule is CC1(C)SCC1Nc1nc[nH]c(=O)c1Br. The summed E-state index contributed by atoms with van der Waals surface area (Å²) in [6.07, 6.45) is 1.41. The number of nitrogens with one attached hydrogen (secondary N) is 2. The molecule has 2 N–H and O–H groups in total. The Kier molecular flexibility index (Phi) is 2.81. The summed E-state index contributed by atoms with van der Waals surface area (Å²) in [7, 11) is 0. The quantitative estimate of drug-likeness (QED) is 0.872. The van der Waals surface area contributed by atoms with E-state index >= 15 is 0 Å². The highest BCUT2D eigenvalue weighted by Gasteiger charge is 2.39. The zero-order valence-corrected chi connectivity index (χ0v) is 10.9. The number of halogens is 1. The smallest absolute Gasteiger partial charge is 0.267 e. The molecule has 0 aliphatic carbocycles. The van der Waals surface area contributed by atoms with Crippen molar-refractivity contribution in [2.45, 2.75) is 24.6 Å². The van der Waals surface area contributed by atoms with Gasteiger partial charge < -0.3 is 10.3 Å². The summed E-state index contributed by atoms with van der Waals surface area (Å²) in [4.78, 5) is 17.9. The molecule has 0 aromatic carbocycles. The summed E-state index contributed by atoms with van der Waals surface area (Å²) in [5, 5.41) is 3.28. The summed E-state index contributed by atoms with van der Waals surface area (Å²) < 4.78 is 0.682. The van der Waals surface area contributed by atoms with Gasteiger partial charge in [0.1, 0.15) is 10.3 Å². The number of hydrogen-bond donors (Lipinski definition) is 2. The number of hydrogen-bond acceptors (Lipinski definition) is 4. The van der Waals surface area contributed by atoms with Crippen LogP contribution in [-0.2, 0) is 0 Å². The fourth-order valence-corrected chi connectivity index (χ4v) is 2.84. The number of nitrogens with zero attached hydrogens (tertiary/aromatic N) is 1. The third-order valence-electron chi connectivity index (χ3n) is 2.57. The average molecular weight is 290 g/mol. The highest BCUT2D eigenvalue weighted by Crippen LogP contribution is 2.41. The first-order chi connectivity index (χ1) is 7.00. The molecule has 1 fully saturated rings. The second kappa shape index (κ2) is 3.83. The molecular weight excluding hydrogens is 278 g/mol. The normalized spacial score (nSPS) is 23.3. The molecule has 15 heavy (non-hydrogen) atoms. The van der Waals surface area contributed by atoms with Crippen LogP contribution in [0.5, 0.6) is 0 Å². The largest absolute Gasteiger partial charge is 0.364 e. The molecule has 1 aromatic rings. The molecule has 6 heteroatoms. The molecule has 0 saturated carbocycles. The van der Waals surface area contributed by atoms with Crippen molar-refractivity contribution in [2.24, 2.45) is 0 Å². The number of thioether (sulfide) groups is 1. The molecule has 1 aliphatic rings. The molecule has 1 aliphatic heterocycles. The molecule has 0 bridgehead atoms. The van der Waals surface area contributed by atoms with Crippen LogP contribution < -0.4 is 10.9 Å². The fraction of sp³-hybridized carbons (Fsp3) is 0.556. The number of aromatic nitrogens is 2. The van der Waals surface area contributed by atoms with E-state index in [9.17, 15) is 4.79 Å². The van der Waals surface area contributed by atoms with Crippen LogP contribution >= 0.6 is 27.7 Å². The van der Waals surface area contributed by atoms with E-state index in [4.69, 9.17) is 0 Å². The topological polar surface area (TPSA) is 57.8 Å². The van der Waals surface area contributed by atoms with E-state index < -0.39 is 0 Å². The molecule has 0 spiro atoms. The molecule has 2 rings (SSSR count). The van der Waals surface area contributed by atoms with Crippen molar-refractivity contribution in [1.29, 1.82) is 0 Å². The van der Waals surface area contributed by atoms with Crippen LogP contribution in [0.25, 0.3) is 0 Å². The minimum atomic E-state index is -0.155. The molecule has 1 unspecified atom stereocenters. The van der Waals surface area contributed by atoms with E-state index in [1.807, 2.05) is 11.8 Å². The summed E-state index contributed by atoms with van der Waals surface area (Å²) in [5.74, 6) is 1.67. The second-order valence-electron chi connectivity index (χ2n) is 4.01. The van der Waals surface area contributed by atoms with Crippen molar-refractivity contribution in [3.63, 3.8) is 0 Å². The molecule has 82 valence electrons. The first-order valence-corrected chi connectivity index (χ1v) is 6.42. The van der Waals surface area contributed by atoms with Crippen molar-refractivity contribution in [1.82, 2.24) is 9.97 Å². The van der Waals surface area contributed by atoms with E-state index in [1.165, 1.54) is 6.33 Å². The first kappa shape index (κ1) is 11.0. The minimum absolute atomic E-state index is 0.155. The van der Waals surface area contributed by atoms with Gasteiger partial charge in [0.15, 0.2) is 0 Å². The van der Waals surface area contributed by atoms with Crippen molar-refractivity contribution in [3.05, 3.63) is 21.2 Å². The van der Waals surface area contributed by atoms with Crippen molar-refractivity contribution in [3.8, 4) is 0 Å². The summed E-state index contributed by atoms with van der Waals surface area (Å²) in [6.45, 7) is 4.36. The number of rotatable bonds is 2. The van der Waals surface area contributed by atoms with Gasteiger partial charge in [-0.1, -0.05) is 0 Å². The maximum absolute atomic E-state index is 11.3. The van der Waals surface area contributed by atoms with Gasteiger partial charge in [-0.3, -0.25) is 4.79 Å². The van der Waals surface area contributed by atoms with Crippen LogP contribution in [0.1, 0.15) is 13.8 Å². The molecular formula is C9H12BrN3OS. The monoisotopic (exact) mass is 289 g/mol. The Bertz CT molecular complexity index is 432. The van der Waals surface area contributed by atoms with Gasteiger partial charge in [-0.15, -0.1) is 0 Å². The van der Waals surface area contributed by atoms with Gasteiger partial charge in [0.25, 0.3) is 5.56 Å². The van der Waals surface area contributed by atoms with Crippen molar-refractivity contribution < 1.29 is 0 Å². The Balaban J connectivity index is 2.18. The predicted molar refractivity (Wildman–Crippen MR) is 66.5 cm³/mol. The highest BCUT2D eigenvalue weighted by molar-refractivity contribution is 9.10. The Hall–Kier alpha value is -0.490. The van der Waals surface area contributed by atoms with Crippen LogP contribution in [0, 0.1) is 0 Å². The van der Waals surface area contributed by atoms with Gasteiger partial charge in [0.05, 0.1) is 12.4 Å². The van der Waals surface area contributed by atoms with Crippen LogP contribution in [0.3, 0.4) is 0 Å². The first-order valence-electron chi connectivity index (χ1n) is 4.64. The van der Waals surface area contributed by atoms with Gasteiger partial charge in [-0.25, -0.2) is 4.98 Å². The van der Waals surface area contributed by atoms with Crippen LogP contribution in [0.4, 0.5) is 5.82 Å².